The summed E-state index contributed by atoms with van der Waals surface area (Å²) >= 11 is 9.83. The number of hydrogen-bond donors (Lipinski definition) is 0. The molecule has 0 N–H and O–H groups in total. The van der Waals surface area contributed by atoms with Gasteiger partial charge in [-0.1, -0.05) is 45.7 Å². The van der Waals surface area contributed by atoms with Gasteiger partial charge in [0.2, 0.25) is 5.90 Å². The second-order valence-corrected chi connectivity index (χ2v) is 8.12. The monoisotopic (exact) mass is 515 g/mol. The molecular formula is C24H16BrClFNO4. The van der Waals surface area contributed by atoms with Crippen LogP contribution in [-0.4, -0.2) is 19.0 Å². The van der Waals surface area contributed by atoms with Gasteiger partial charge in [-0.15, -0.1) is 0 Å². The number of esters is 1. The second kappa shape index (κ2) is 9.54. The van der Waals surface area contributed by atoms with E-state index < -0.39 is 11.8 Å². The van der Waals surface area contributed by atoms with Gasteiger partial charge in [-0.25, -0.2) is 14.2 Å². The Morgan fingerprint density at radius 1 is 1.16 bits per heavy atom. The third-order valence-electron chi connectivity index (χ3n) is 4.54. The largest absolute Gasteiger partial charge is 0.493 e. The Labute approximate surface area is 197 Å². The van der Waals surface area contributed by atoms with Crippen LogP contribution in [0.1, 0.15) is 16.7 Å². The van der Waals surface area contributed by atoms with E-state index in [9.17, 15) is 9.18 Å². The van der Waals surface area contributed by atoms with Crippen molar-refractivity contribution in [2.75, 3.05) is 7.11 Å². The van der Waals surface area contributed by atoms with E-state index in [0.717, 1.165) is 10.0 Å². The van der Waals surface area contributed by atoms with Gasteiger partial charge in [-0.2, -0.15) is 0 Å². The molecule has 162 valence electrons. The Kier molecular flexibility index (Phi) is 6.58. The SMILES string of the molecule is COc1cc(/C=C2\N=C(c3cccc(F)c3)OC2=O)cc(Cl)c1OCc1ccc(Br)cc1. The fourth-order valence-corrected chi connectivity index (χ4v) is 3.55. The summed E-state index contributed by atoms with van der Waals surface area (Å²) in [6.07, 6.45) is 1.52. The Bertz CT molecular complexity index is 1240. The maximum absolute atomic E-state index is 13.5. The van der Waals surface area contributed by atoms with Crippen LogP contribution in [0.5, 0.6) is 11.5 Å². The zero-order chi connectivity index (χ0) is 22.7. The van der Waals surface area contributed by atoms with Gasteiger partial charge in [0.25, 0.3) is 0 Å². The lowest BCUT2D eigenvalue weighted by Crippen LogP contribution is -2.05. The number of halogens is 3. The maximum atomic E-state index is 13.5. The molecule has 0 saturated heterocycles. The van der Waals surface area contributed by atoms with Crippen LogP contribution >= 0.6 is 27.5 Å². The van der Waals surface area contributed by atoms with Crippen LogP contribution < -0.4 is 9.47 Å². The Morgan fingerprint density at radius 3 is 2.66 bits per heavy atom. The molecule has 0 saturated carbocycles. The lowest BCUT2D eigenvalue weighted by atomic mass is 10.1. The molecule has 0 aliphatic carbocycles. The van der Waals surface area contributed by atoms with Crippen molar-refractivity contribution in [1.29, 1.82) is 0 Å². The molecule has 0 spiro atoms. The molecule has 0 aromatic heterocycles. The number of cyclic esters (lactones) is 1. The van der Waals surface area contributed by atoms with Crippen LogP contribution in [0.25, 0.3) is 6.08 Å². The molecule has 0 radical (unpaired) electrons. The molecule has 1 heterocycles. The van der Waals surface area contributed by atoms with E-state index >= 15 is 0 Å². The summed E-state index contributed by atoms with van der Waals surface area (Å²) in [5.41, 5.74) is 1.96. The fourth-order valence-electron chi connectivity index (χ4n) is 3.01. The summed E-state index contributed by atoms with van der Waals surface area (Å²) in [6, 6.07) is 16.7. The Balaban J connectivity index is 1.59. The highest BCUT2D eigenvalue weighted by atomic mass is 79.9. The molecule has 8 heteroatoms. The number of ether oxygens (including phenoxy) is 3. The van der Waals surface area contributed by atoms with E-state index in [1.165, 1.54) is 31.4 Å². The van der Waals surface area contributed by atoms with Crippen molar-refractivity contribution in [2.24, 2.45) is 4.99 Å². The van der Waals surface area contributed by atoms with Gasteiger partial charge in [0, 0.05) is 10.0 Å². The molecule has 4 rings (SSSR count). The van der Waals surface area contributed by atoms with E-state index in [-0.39, 0.29) is 11.6 Å². The van der Waals surface area contributed by atoms with Crippen LogP contribution in [0.15, 0.2) is 75.8 Å². The lowest BCUT2D eigenvalue weighted by Gasteiger charge is -2.13. The van der Waals surface area contributed by atoms with Crippen LogP contribution in [0, 0.1) is 5.82 Å². The van der Waals surface area contributed by atoms with E-state index in [4.69, 9.17) is 25.8 Å². The van der Waals surface area contributed by atoms with Crippen molar-refractivity contribution in [3.05, 3.63) is 98.4 Å². The van der Waals surface area contributed by atoms with Crippen molar-refractivity contribution < 1.29 is 23.4 Å². The third kappa shape index (κ3) is 5.00. The molecule has 0 fully saturated rings. The normalized spacial score (nSPS) is 14.3. The van der Waals surface area contributed by atoms with Crippen LogP contribution in [0.3, 0.4) is 0 Å². The molecule has 3 aromatic carbocycles. The van der Waals surface area contributed by atoms with Crippen molar-refractivity contribution in [1.82, 2.24) is 0 Å². The number of nitrogens with zero attached hydrogens (tertiary/aromatic N) is 1. The minimum atomic E-state index is -0.644. The molecule has 0 bridgehead atoms. The Hall–Kier alpha value is -3.16. The molecule has 0 unspecified atom stereocenters. The maximum Gasteiger partial charge on any atom is 0.363 e. The zero-order valence-electron chi connectivity index (χ0n) is 16.8. The minimum Gasteiger partial charge on any atom is -0.493 e. The summed E-state index contributed by atoms with van der Waals surface area (Å²) in [5.74, 6) is -0.267. The predicted molar refractivity (Wildman–Crippen MR) is 123 cm³/mol. The lowest BCUT2D eigenvalue weighted by molar-refractivity contribution is -0.129. The molecule has 1 aliphatic heterocycles. The van der Waals surface area contributed by atoms with Gasteiger partial charge in [-0.05, 0) is 59.7 Å². The smallest absolute Gasteiger partial charge is 0.363 e. The van der Waals surface area contributed by atoms with Crippen LogP contribution in [-0.2, 0) is 16.1 Å². The highest BCUT2D eigenvalue weighted by Crippen LogP contribution is 2.38. The number of aliphatic imine (C=N–C) groups is 1. The standard InChI is InChI=1S/C24H16BrClFNO4/c1-30-21-11-15(9-19(26)22(21)31-13-14-5-7-17(25)8-6-14)10-20-24(29)32-23(28-20)16-3-2-4-18(27)12-16/h2-12H,13H2,1H3/b20-10-. The van der Waals surface area contributed by atoms with Gasteiger partial charge in [0.15, 0.2) is 17.2 Å². The number of carbonyl (C=O) groups is 1. The first kappa shape index (κ1) is 22.0. The van der Waals surface area contributed by atoms with Crippen molar-refractivity contribution in [2.45, 2.75) is 6.61 Å². The van der Waals surface area contributed by atoms with Gasteiger partial charge in [0.1, 0.15) is 12.4 Å². The molecule has 0 atom stereocenters. The average Bonchev–Trinajstić information content (AvgIpc) is 3.14. The first-order valence-corrected chi connectivity index (χ1v) is 10.6. The quantitative estimate of drug-likeness (QED) is 0.290. The molecule has 3 aromatic rings. The molecule has 0 amide bonds. The topological polar surface area (TPSA) is 57.1 Å². The highest BCUT2D eigenvalue weighted by molar-refractivity contribution is 9.10. The summed E-state index contributed by atoms with van der Waals surface area (Å²) < 4.78 is 30.9. The summed E-state index contributed by atoms with van der Waals surface area (Å²) in [5, 5.41) is 0.314. The molecule has 5 nitrogen and oxygen atoms in total. The molecular weight excluding hydrogens is 501 g/mol. The van der Waals surface area contributed by atoms with Crippen molar-refractivity contribution in [3.63, 3.8) is 0 Å². The summed E-state index contributed by atoms with van der Waals surface area (Å²) in [7, 11) is 1.50. The van der Waals surface area contributed by atoms with Gasteiger partial charge in [-0.3, -0.25) is 0 Å². The number of benzene rings is 3. The Morgan fingerprint density at radius 2 is 1.94 bits per heavy atom. The van der Waals surface area contributed by atoms with Gasteiger partial charge >= 0.3 is 5.97 Å². The second-order valence-electron chi connectivity index (χ2n) is 6.80. The minimum absolute atomic E-state index is 0.0354. The number of rotatable bonds is 6. The fraction of sp³-hybridized carbons (Fsp3) is 0.0833. The first-order chi connectivity index (χ1) is 15.4. The number of methoxy groups -OCH3 is 1. The third-order valence-corrected chi connectivity index (χ3v) is 5.35. The van der Waals surface area contributed by atoms with E-state index in [2.05, 4.69) is 20.9 Å². The first-order valence-electron chi connectivity index (χ1n) is 9.46. The van der Waals surface area contributed by atoms with Crippen LogP contribution in [0.2, 0.25) is 5.02 Å². The van der Waals surface area contributed by atoms with Gasteiger partial charge < -0.3 is 14.2 Å². The van der Waals surface area contributed by atoms with E-state index in [0.29, 0.717) is 34.3 Å². The van der Waals surface area contributed by atoms with E-state index in [1.54, 1.807) is 18.2 Å². The summed E-state index contributed by atoms with van der Waals surface area (Å²) in [4.78, 5) is 16.4. The molecule has 32 heavy (non-hydrogen) atoms. The van der Waals surface area contributed by atoms with Crippen molar-refractivity contribution >= 4 is 45.5 Å². The van der Waals surface area contributed by atoms with Crippen LogP contribution in [0.4, 0.5) is 4.39 Å². The van der Waals surface area contributed by atoms with E-state index in [1.807, 2.05) is 24.3 Å². The summed E-state index contributed by atoms with van der Waals surface area (Å²) in [6.45, 7) is 0.303. The number of carbonyl (C=O) groups excluding carboxylic acids is 1. The number of hydrogen-bond acceptors (Lipinski definition) is 5. The average molecular weight is 517 g/mol. The zero-order valence-corrected chi connectivity index (χ0v) is 19.1. The highest BCUT2D eigenvalue weighted by Gasteiger charge is 2.25. The van der Waals surface area contributed by atoms with Gasteiger partial charge in [0.05, 0.1) is 12.1 Å². The van der Waals surface area contributed by atoms with Crippen molar-refractivity contribution in [3.8, 4) is 11.5 Å². The predicted octanol–water partition coefficient (Wildman–Crippen LogP) is 6.17. The molecule has 1 aliphatic rings.